The van der Waals surface area contributed by atoms with E-state index in [-0.39, 0.29) is 5.56 Å². The number of pyridine rings is 1. The summed E-state index contributed by atoms with van der Waals surface area (Å²) in [4.78, 5) is 25.6. The monoisotopic (exact) mass is 507 g/mol. The predicted octanol–water partition coefficient (Wildman–Crippen LogP) is 7.39. The van der Waals surface area contributed by atoms with Crippen molar-refractivity contribution < 1.29 is 14.6 Å². The van der Waals surface area contributed by atoms with Crippen LogP contribution in [0.4, 0.5) is 10.9 Å². The lowest BCUT2D eigenvalue weighted by molar-refractivity contribution is 0.0697. The Balaban J connectivity index is 1.74. The molecule has 0 amide bonds. The van der Waals surface area contributed by atoms with E-state index in [1.165, 1.54) is 0 Å². The van der Waals surface area contributed by atoms with Crippen LogP contribution in [0.2, 0.25) is 0 Å². The summed E-state index contributed by atoms with van der Waals surface area (Å²) in [6, 6.07) is 13.6. The lowest BCUT2D eigenvalue weighted by Gasteiger charge is -2.17. The molecule has 4 aromatic rings. The summed E-state index contributed by atoms with van der Waals surface area (Å²) < 4.78 is 5.84. The molecular formula is C27H29N3O3S2. The Labute approximate surface area is 213 Å². The number of rotatable bonds is 10. The van der Waals surface area contributed by atoms with Crippen LogP contribution in [0.15, 0.2) is 54.0 Å². The molecule has 0 aliphatic carbocycles. The molecule has 0 fully saturated rings. The van der Waals surface area contributed by atoms with Gasteiger partial charge >= 0.3 is 5.97 Å². The van der Waals surface area contributed by atoms with Gasteiger partial charge in [0.2, 0.25) is 0 Å². The topological polar surface area (TPSA) is 75.5 Å². The summed E-state index contributed by atoms with van der Waals surface area (Å²) in [6.45, 7) is 7.11. The predicted molar refractivity (Wildman–Crippen MR) is 144 cm³/mol. The van der Waals surface area contributed by atoms with E-state index < -0.39 is 5.97 Å². The van der Waals surface area contributed by atoms with Crippen LogP contribution in [0.25, 0.3) is 21.7 Å². The van der Waals surface area contributed by atoms with Gasteiger partial charge < -0.3 is 14.7 Å². The Hall–Kier alpha value is -3.23. The van der Waals surface area contributed by atoms with E-state index in [9.17, 15) is 9.90 Å². The van der Waals surface area contributed by atoms with E-state index in [0.717, 1.165) is 45.2 Å². The van der Waals surface area contributed by atoms with Crippen molar-refractivity contribution in [3.63, 3.8) is 0 Å². The van der Waals surface area contributed by atoms with Crippen LogP contribution in [-0.2, 0) is 6.42 Å². The number of thiazole rings is 1. The maximum absolute atomic E-state index is 12.1. The normalized spacial score (nSPS) is 11.1. The number of benzene rings is 1. The largest absolute Gasteiger partial charge is 0.494 e. The summed E-state index contributed by atoms with van der Waals surface area (Å²) >= 11 is 3.13. The van der Waals surface area contributed by atoms with Crippen molar-refractivity contribution in [2.24, 2.45) is 5.92 Å². The third-order valence-electron chi connectivity index (χ3n) is 5.37. The van der Waals surface area contributed by atoms with Gasteiger partial charge in [0.05, 0.1) is 12.3 Å². The average Bonchev–Trinajstić information content (AvgIpc) is 3.52. The lowest BCUT2D eigenvalue weighted by atomic mass is 10.0. The maximum Gasteiger partial charge on any atom is 0.339 e. The number of anilines is 2. The summed E-state index contributed by atoms with van der Waals surface area (Å²) in [5, 5.41) is 12.6. The van der Waals surface area contributed by atoms with Crippen LogP contribution in [0.5, 0.6) is 5.75 Å². The summed E-state index contributed by atoms with van der Waals surface area (Å²) in [6.07, 6.45) is 3.54. The molecule has 3 heterocycles. The highest BCUT2D eigenvalue weighted by Crippen LogP contribution is 2.38. The smallest absolute Gasteiger partial charge is 0.339 e. The number of nitrogens with zero attached hydrogens (tertiary/aromatic N) is 3. The summed E-state index contributed by atoms with van der Waals surface area (Å²) in [5.41, 5.74) is 2.83. The molecule has 0 saturated heterocycles. The van der Waals surface area contributed by atoms with Gasteiger partial charge in [-0.05, 0) is 48.4 Å². The van der Waals surface area contributed by atoms with Gasteiger partial charge in [0.25, 0.3) is 0 Å². The van der Waals surface area contributed by atoms with E-state index in [1.54, 1.807) is 39.8 Å². The van der Waals surface area contributed by atoms with Gasteiger partial charge in [-0.15, -0.1) is 22.7 Å². The highest BCUT2D eigenvalue weighted by molar-refractivity contribution is 7.16. The Morgan fingerprint density at radius 3 is 2.69 bits per heavy atom. The lowest BCUT2D eigenvalue weighted by Crippen LogP contribution is -2.15. The quantitative estimate of drug-likeness (QED) is 0.241. The zero-order valence-electron chi connectivity index (χ0n) is 20.3. The van der Waals surface area contributed by atoms with Gasteiger partial charge in [-0.2, -0.15) is 0 Å². The number of thiophene rings is 1. The van der Waals surface area contributed by atoms with Gasteiger partial charge in [-0.1, -0.05) is 39.0 Å². The van der Waals surface area contributed by atoms with Crippen LogP contribution < -0.4 is 9.64 Å². The van der Waals surface area contributed by atoms with Crippen LogP contribution in [-0.4, -0.2) is 34.7 Å². The number of carbonyl (C=O) groups is 1. The first-order valence-corrected chi connectivity index (χ1v) is 13.3. The number of carboxylic acids is 1. The van der Waals surface area contributed by atoms with Gasteiger partial charge in [0.15, 0.2) is 5.13 Å². The number of hydrogen-bond donors (Lipinski definition) is 1. The van der Waals surface area contributed by atoms with Gasteiger partial charge in [-0.25, -0.2) is 14.8 Å². The molecule has 0 saturated carbocycles. The molecule has 35 heavy (non-hydrogen) atoms. The average molecular weight is 508 g/mol. The molecule has 1 N–H and O–H groups in total. The molecule has 0 spiro atoms. The number of hydrogen-bond acceptors (Lipinski definition) is 7. The first-order chi connectivity index (χ1) is 16.9. The Morgan fingerprint density at radius 2 is 2.00 bits per heavy atom. The van der Waals surface area contributed by atoms with Crippen LogP contribution in [0.1, 0.15) is 42.4 Å². The highest BCUT2D eigenvalue weighted by atomic mass is 32.1. The van der Waals surface area contributed by atoms with E-state index in [1.807, 2.05) is 48.8 Å². The van der Waals surface area contributed by atoms with Crippen molar-refractivity contribution in [1.82, 2.24) is 9.97 Å². The van der Waals surface area contributed by atoms with E-state index >= 15 is 0 Å². The van der Waals surface area contributed by atoms with Crippen LogP contribution >= 0.6 is 22.7 Å². The molecule has 8 heteroatoms. The molecule has 0 unspecified atom stereocenters. The third kappa shape index (κ3) is 5.71. The van der Waals surface area contributed by atoms with Crippen molar-refractivity contribution in [2.75, 3.05) is 18.6 Å². The maximum atomic E-state index is 12.1. The number of carboxylic acid groups (broad SMARTS) is 1. The minimum Gasteiger partial charge on any atom is -0.494 e. The van der Waals surface area contributed by atoms with Crippen LogP contribution in [0, 0.1) is 5.92 Å². The second kappa shape index (κ2) is 11.0. The molecule has 3 aromatic heterocycles. The first kappa shape index (κ1) is 24.9. The van der Waals surface area contributed by atoms with E-state index in [4.69, 9.17) is 9.72 Å². The SMILES string of the molecule is CCCOc1cccc(-c2nc(N(C)c3ncc(-c4cccs4)cc3C(=O)O)sc2CC(C)C)c1. The fourth-order valence-corrected chi connectivity index (χ4v) is 5.69. The first-order valence-electron chi connectivity index (χ1n) is 11.6. The zero-order valence-corrected chi connectivity index (χ0v) is 21.9. The van der Waals surface area contributed by atoms with Crippen LogP contribution in [0.3, 0.4) is 0 Å². The van der Waals surface area contributed by atoms with Gasteiger partial charge in [0.1, 0.15) is 17.1 Å². The summed E-state index contributed by atoms with van der Waals surface area (Å²) in [5.74, 6) is 0.623. The molecule has 182 valence electrons. The molecule has 4 rings (SSSR count). The zero-order chi connectivity index (χ0) is 24.9. The van der Waals surface area contributed by atoms with E-state index in [2.05, 4.69) is 25.8 Å². The minimum absolute atomic E-state index is 0.149. The number of aromatic nitrogens is 2. The third-order valence-corrected chi connectivity index (χ3v) is 7.44. The standard InChI is InChI=1S/C27H29N3O3S2/c1-5-11-33-20-9-6-8-18(14-20)24-23(13-17(2)3)35-27(29-24)30(4)25-21(26(31)32)15-19(16-28-25)22-10-7-12-34-22/h6-10,12,14-17H,5,11,13H2,1-4H3,(H,31,32). The fraction of sp³-hybridized carbons (Fsp3) is 0.296. The molecule has 0 radical (unpaired) electrons. The van der Waals surface area contributed by atoms with Gasteiger partial charge in [0, 0.05) is 34.1 Å². The number of aromatic carboxylic acids is 1. The Bertz CT molecular complexity index is 1300. The second-order valence-electron chi connectivity index (χ2n) is 8.68. The van der Waals surface area contributed by atoms with Crippen molar-refractivity contribution in [1.29, 1.82) is 0 Å². The van der Waals surface area contributed by atoms with Gasteiger partial charge in [-0.3, -0.25) is 0 Å². The Kier molecular flexibility index (Phi) is 7.83. The van der Waals surface area contributed by atoms with Crippen molar-refractivity contribution >= 4 is 39.6 Å². The molecular weight excluding hydrogens is 478 g/mol. The molecule has 1 aromatic carbocycles. The number of ether oxygens (including phenoxy) is 1. The molecule has 6 nitrogen and oxygen atoms in total. The minimum atomic E-state index is -1.02. The summed E-state index contributed by atoms with van der Waals surface area (Å²) in [7, 11) is 1.82. The fourth-order valence-electron chi connectivity index (χ4n) is 3.72. The van der Waals surface area contributed by atoms with Crippen molar-refractivity contribution in [3.05, 3.63) is 64.5 Å². The molecule has 0 aliphatic rings. The Morgan fingerprint density at radius 1 is 1.17 bits per heavy atom. The highest BCUT2D eigenvalue weighted by Gasteiger charge is 2.23. The molecule has 0 bridgehead atoms. The van der Waals surface area contributed by atoms with E-state index in [0.29, 0.717) is 23.5 Å². The molecule has 0 atom stereocenters. The van der Waals surface area contributed by atoms with Crippen molar-refractivity contribution in [2.45, 2.75) is 33.6 Å². The van der Waals surface area contributed by atoms with Crippen molar-refractivity contribution in [3.8, 4) is 27.4 Å². The second-order valence-corrected chi connectivity index (χ2v) is 10.7. The molecule has 0 aliphatic heterocycles.